The summed E-state index contributed by atoms with van der Waals surface area (Å²) >= 11 is 3.51. The molecule has 1 unspecified atom stereocenters. The summed E-state index contributed by atoms with van der Waals surface area (Å²) < 4.78 is 16.8. The Kier molecular flexibility index (Phi) is 10.5. The van der Waals surface area contributed by atoms with E-state index in [9.17, 15) is 9.59 Å². The van der Waals surface area contributed by atoms with Crippen molar-refractivity contribution >= 4 is 44.3 Å². The molecule has 8 heteroatoms. The molecule has 1 aliphatic carbocycles. The van der Waals surface area contributed by atoms with Gasteiger partial charge in [0, 0.05) is 17.1 Å². The van der Waals surface area contributed by atoms with Crippen LogP contribution in [-0.4, -0.2) is 49.7 Å². The zero-order valence-corrected chi connectivity index (χ0v) is 25.2. The number of hydrogen-bond acceptors (Lipinski definition) is 7. The molecule has 0 heterocycles. The number of nitrogens with two attached hydrogens (primary N) is 1. The van der Waals surface area contributed by atoms with Crippen LogP contribution in [0, 0.1) is 0 Å². The van der Waals surface area contributed by atoms with Gasteiger partial charge < -0.3 is 19.9 Å². The van der Waals surface area contributed by atoms with Gasteiger partial charge in [0.25, 0.3) is 0 Å². The SMILES string of the molecule is CCN(Cc1cc(C(=O)OCCOC(=O)C(C)c2ccc3cc(OC)ccc3c2)cc(Br)c1N)C1CCCCC1. The molecule has 0 aliphatic heterocycles. The van der Waals surface area contributed by atoms with Crippen LogP contribution in [-0.2, 0) is 20.8 Å². The first-order valence-electron chi connectivity index (χ1n) is 14.0. The number of nitrogen functional groups attached to an aromatic ring is 1. The number of benzene rings is 3. The third-order valence-electron chi connectivity index (χ3n) is 7.81. The van der Waals surface area contributed by atoms with Crippen LogP contribution >= 0.6 is 15.9 Å². The third-order valence-corrected chi connectivity index (χ3v) is 8.46. The molecule has 4 rings (SSSR count). The van der Waals surface area contributed by atoms with Crippen molar-refractivity contribution in [3.8, 4) is 5.75 Å². The van der Waals surface area contributed by atoms with E-state index in [1.807, 2.05) is 42.5 Å². The summed E-state index contributed by atoms with van der Waals surface area (Å²) in [6.07, 6.45) is 6.22. The molecule has 1 atom stereocenters. The molecule has 0 radical (unpaired) electrons. The molecule has 0 spiro atoms. The van der Waals surface area contributed by atoms with E-state index >= 15 is 0 Å². The van der Waals surface area contributed by atoms with Crippen molar-refractivity contribution in [3.05, 3.63) is 69.7 Å². The van der Waals surface area contributed by atoms with Crippen LogP contribution < -0.4 is 10.5 Å². The highest BCUT2D eigenvalue weighted by atomic mass is 79.9. The molecule has 0 bridgehead atoms. The van der Waals surface area contributed by atoms with Gasteiger partial charge in [0.1, 0.15) is 19.0 Å². The molecule has 3 aromatic carbocycles. The first-order chi connectivity index (χ1) is 19.3. The highest BCUT2D eigenvalue weighted by Crippen LogP contribution is 2.30. The lowest BCUT2D eigenvalue weighted by Crippen LogP contribution is -2.36. The molecule has 214 valence electrons. The van der Waals surface area contributed by atoms with Gasteiger partial charge in [-0.2, -0.15) is 0 Å². The predicted molar refractivity (Wildman–Crippen MR) is 162 cm³/mol. The first kappa shape index (κ1) is 29.9. The van der Waals surface area contributed by atoms with Crippen LogP contribution in [0.4, 0.5) is 5.69 Å². The summed E-state index contributed by atoms with van der Waals surface area (Å²) in [5, 5.41) is 2.05. The van der Waals surface area contributed by atoms with Crippen LogP contribution in [0.3, 0.4) is 0 Å². The van der Waals surface area contributed by atoms with E-state index in [1.54, 1.807) is 20.1 Å². The zero-order chi connectivity index (χ0) is 28.6. The zero-order valence-electron chi connectivity index (χ0n) is 23.6. The Balaban J connectivity index is 1.31. The Morgan fingerprint density at radius 1 is 1.00 bits per heavy atom. The van der Waals surface area contributed by atoms with E-state index in [-0.39, 0.29) is 19.2 Å². The van der Waals surface area contributed by atoms with Crippen molar-refractivity contribution in [2.24, 2.45) is 0 Å². The molecule has 3 aromatic rings. The largest absolute Gasteiger partial charge is 0.497 e. The minimum atomic E-state index is -0.475. The molecule has 0 aromatic heterocycles. The summed E-state index contributed by atoms with van der Waals surface area (Å²) in [6.45, 7) is 5.53. The van der Waals surface area contributed by atoms with Crippen molar-refractivity contribution in [1.82, 2.24) is 4.90 Å². The molecule has 2 N–H and O–H groups in total. The number of hydrogen-bond donors (Lipinski definition) is 1. The van der Waals surface area contributed by atoms with Crippen LogP contribution in [0.2, 0.25) is 0 Å². The van der Waals surface area contributed by atoms with Crippen molar-refractivity contribution in [2.75, 3.05) is 32.6 Å². The maximum atomic E-state index is 12.8. The molecule has 1 saturated carbocycles. The normalized spacial score (nSPS) is 14.7. The smallest absolute Gasteiger partial charge is 0.338 e. The number of anilines is 1. The highest BCUT2D eigenvalue weighted by Gasteiger charge is 2.22. The van der Waals surface area contributed by atoms with E-state index < -0.39 is 11.9 Å². The second-order valence-corrected chi connectivity index (χ2v) is 11.2. The average molecular weight is 612 g/mol. The van der Waals surface area contributed by atoms with Crippen molar-refractivity contribution in [3.63, 3.8) is 0 Å². The molecule has 7 nitrogen and oxygen atoms in total. The standard InChI is InChI=1S/C32H39BrN2O5/c1-4-35(27-8-6-5-7-9-27)20-26-17-25(19-29(33)30(26)34)32(37)40-15-14-39-31(36)21(2)22-10-11-24-18-28(38-3)13-12-23(24)16-22/h10-13,16-19,21,27H,4-9,14-15,20,34H2,1-3H3. The van der Waals surface area contributed by atoms with Gasteiger partial charge in [-0.25, -0.2) is 4.79 Å². The third kappa shape index (κ3) is 7.34. The van der Waals surface area contributed by atoms with E-state index in [2.05, 4.69) is 27.8 Å². The van der Waals surface area contributed by atoms with Gasteiger partial charge in [-0.05, 0) is 88.4 Å². The predicted octanol–water partition coefficient (Wildman–Crippen LogP) is 6.85. The summed E-state index contributed by atoms with van der Waals surface area (Å²) in [6, 6.07) is 15.7. The fraction of sp³-hybridized carbons (Fsp3) is 0.438. The minimum absolute atomic E-state index is 0.0199. The quantitative estimate of drug-likeness (QED) is 0.144. The Hall–Kier alpha value is -3.10. The lowest BCUT2D eigenvalue weighted by Gasteiger charge is -2.34. The van der Waals surface area contributed by atoms with Crippen molar-refractivity contribution in [2.45, 2.75) is 64.5 Å². The summed E-state index contributed by atoms with van der Waals surface area (Å²) in [4.78, 5) is 28.0. The van der Waals surface area contributed by atoms with Gasteiger partial charge in [-0.3, -0.25) is 9.69 Å². The Morgan fingerprint density at radius 3 is 2.42 bits per heavy atom. The van der Waals surface area contributed by atoms with E-state index in [0.717, 1.165) is 34.2 Å². The fourth-order valence-corrected chi connectivity index (χ4v) is 5.85. The van der Waals surface area contributed by atoms with Gasteiger partial charge in [-0.15, -0.1) is 0 Å². The molecule has 1 fully saturated rings. The molecule has 0 saturated heterocycles. The van der Waals surface area contributed by atoms with Crippen LogP contribution in [0.25, 0.3) is 10.8 Å². The van der Waals surface area contributed by atoms with Crippen molar-refractivity contribution in [1.29, 1.82) is 0 Å². The second-order valence-electron chi connectivity index (χ2n) is 10.4. The molecule has 40 heavy (non-hydrogen) atoms. The Bertz CT molecular complexity index is 1340. The van der Waals surface area contributed by atoms with E-state index in [4.69, 9.17) is 19.9 Å². The topological polar surface area (TPSA) is 91.1 Å². The van der Waals surface area contributed by atoms with Gasteiger partial charge >= 0.3 is 11.9 Å². The number of nitrogens with zero attached hydrogens (tertiary/aromatic N) is 1. The van der Waals surface area contributed by atoms with Crippen molar-refractivity contribution < 1.29 is 23.8 Å². The van der Waals surface area contributed by atoms with Gasteiger partial charge in [0.2, 0.25) is 0 Å². The number of fused-ring (bicyclic) bond motifs is 1. The van der Waals surface area contributed by atoms with Crippen LogP contribution in [0.1, 0.15) is 73.4 Å². The van der Waals surface area contributed by atoms with Gasteiger partial charge in [0.15, 0.2) is 0 Å². The minimum Gasteiger partial charge on any atom is -0.497 e. The highest BCUT2D eigenvalue weighted by molar-refractivity contribution is 9.10. The van der Waals surface area contributed by atoms with Crippen LogP contribution in [0.15, 0.2) is 53.0 Å². The summed E-state index contributed by atoms with van der Waals surface area (Å²) in [7, 11) is 1.63. The summed E-state index contributed by atoms with van der Waals surface area (Å²) in [5.74, 6) is -0.517. The number of rotatable bonds is 11. The first-order valence-corrected chi connectivity index (χ1v) is 14.8. The summed E-state index contributed by atoms with van der Waals surface area (Å²) in [5.41, 5.74) is 9.19. The maximum Gasteiger partial charge on any atom is 0.338 e. The van der Waals surface area contributed by atoms with E-state index in [0.29, 0.717) is 28.3 Å². The number of halogens is 1. The lowest BCUT2D eigenvalue weighted by atomic mass is 9.93. The fourth-order valence-electron chi connectivity index (χ4n) is 5.35. The maximum absolute atomic E-state index is 12.8. The lowest BCUT2D eigenvalue weighted by molar-refractivity contribution is -0.146. The number of carbonyl (C=O) groups excluding carboxylic acids is 2. The monoisotopic (exact) mass is 610 g/mol. The molecular weight excluding hydrogens is 572 g/mol. The number of carbonyl (C=O) groups is 2. The molecule has 1 aliphatic rings. The average Bonchev–Trinajstić information content (AvgIpc) is 2.99. The number of esters is 2. The number of ether oxygens (including phenoxy) is 3. The van der Waals surface area contributed by atoms with E-state index in [1.165, 1.54) is 32.1 Å². The van der Waals surface area contributed by atoms with Crippen LogP contribution in [0.5, 0.6) is 5.75 Å². The Morgan fingerprint density at radius 2 is 1.70 bits per heavy atom. The second kappa shape index (κ2) is 14.0. The van der Waals surface area contributed by atoms with Gasteiger partial charge in [-0.1, -0.05) is 50.5 Å². The molecular formula is C32H39BrN2O5. The number of methoxy groups -OCH3 is 1. The Labute approximate surface area is 245 Å². The van der Waals surface area contributed by atoms with Gasteiger partial charge in [0.05, 0.1) is 24.3 Å². The molecule has 0 amide bonds.